The van der Waals surface area contributed by atoms with Crippen molar-refractivity contribution in [3.8, 4) is 0 Å². The van der Waals surface area contributed by atoms with Gasteiger partial charge in [-0.25, -0.2) is 5.01 Å². The SMILES string of the molecule is Nc1cc(C(=O)NN2CCOCC2)cc(Cl)c1Cl. The van der Waals surface area contributed by atoms with E-state index in [9.17, 15) is 4.79 Å². The molecule has 98 valence electrons. The molecule has 0 aliphatic carbocycles. The highest BCUT2D eigenvalue weighted by atomic mass is 35.5. The molecule has 0 unspecified atom stereocenters. The summed E-state index contributed by atoms with van der Waals surface area (Å²) in [6, 6.07) is 3.00. The molecule has 1 aliphatic rings. The van der Waals surface area contributed by atoms with Crippen molar-refractivity contribution in [1.82, 2.24) is 10.4 Å². The van der Waals surface area contributed by atoms with Crippen molar-refractivity contribution in [3.05, 3.63) is 27.7 Å². The van der Waals surface area contributed by atoms with Crippen LogP contribution in [0, 0.1) is 0 Å². The molecule has 1 fully saturated rings. The number of nitrogens with one attached hydrogen (secondary N) is 1. The lowest BCUT2D eigenvalue weighted by Gasteiger charge is -2.27. The number of hydrogen-bond donors (Lipinski definition) is 2. The Bertz CT molecular complexity index is 439. The maximum Gasteiger partial charge on any atom is 0.265 e. The summed E-state index contributed by atoms with van der Waals surface area (Å²) >= 11 is 11.7. The lowest BCUT2D eigenvalue weighted by Crippen LogP contribution is -2.48. The van der Waals surface area contributed by atoms with Crippen LogP contribution in [0.5, 0.6) is 0 Å². The zero-order valence-corrected chi connectivity index (χ0v) is 11.1. The Kier molecular flexibility index (Phi) is 4.29. The molecule has 0 saturated carbocycles. The standard InChI is InChI=1S/C11H13Cl2N3O2/c12-8-5-7(6-9(14)10(8)13)11(17)15-16-1-3-18-4-2-16/h5-6H,1-4,14H2,(H,15,17). The maximum atomic E-state index is 12.0. The lowest BCUT2D eigenvalue weighted by molar-refractivity contribution is 0.0126. The minimum atomic E-state index is -0.262. The number of hydrazine groups is 1. The van der Waals surface area contributed by atoms with Gasteiger partial charge in [-0.1, -0.05) is 23.2 Å². The van der Waals surface area contributed by atoms with Crippen LogP contribution in [-0.4, -0.2) is 37.2 Å². The minimum Gasteiger partial charge on any atom is -0.397 e. The Hall–Kier alpha value is -1.01. The van der Waals surface area contributed by atoms with Crippen LogP contribution < -0.4 is 11.2 Å². The van der Waals surface area contributed by atoms with Crippen molar-refractivity contribution in [1.29, 1.82) is 0 Å². The van der Waals surface area contributed by atoms with Gasteiger partial charge < -0.3 is 10.5 Å². The fraction of sp³-hybridized carbons (Fsp3) is 0.364. The van der Waals surface area contributed by atoms with E-state index in [1.807, 2.05) is 0 Å². The third kappa shape index (κ3) is 3.05. The van der Waals surface area contributed by atoms with Gasteiger partial charge in [0, 0.05) is 18.7 Å². The smallest absolute Gasteiger partial charge is 0.265 e. The van der Waals surface area contributed by atoms with Crippen LogP contribution in [0.2, 0.25) is 10.0 Å². The van der Waals surface area contributed by atoms with Gasteiger partial charge in [0.1, 0.15) is 0 Å². The number of carbonyl (C=O) groups is 1. The first-order chi connectivity index (χ1) is 8.58. The average molecular weight is 290 g/mol. The predicted molar refractivity (Wildman–Crippen MR) is 70.7 cm³/mol. The van der Waals surface area contributed by atoms with Crippen molar-refractivity contribution >= 4 is 34.8 Å². The summed E-state index contributed by atoms with van der Waals surface area (Å²) in [6.07, 6.45) is 0. The molecule has 2 rings (SSSR count). The Morgan fingerprint density at radius 2 is 2.00 bits per heavy atom. The molecule has 0 spiro atoms. The molecule has 0 aromatic heterocycles. The molecule has 1 saturated heterocycles. The second kappa shape index (κ2) is 5.75. The molecule has 1 amide bonds. The number of rotatable bonds is 2. The molecule has 5 nitrogen and oxygen atoms in total. The minimum absolute atomic E-state index is 0.262. The third-order valence-electron chi connectivity index (χ3n) is 2.59. The molecular weight excluding hydrogens is 277 g/mol. The second-order valence-corrected chi connectivity index (χ2v) is 4.69. The van der Waals surface area contributed by atoms with E-state index in [0.717, 1.165) is 0 Å². The fourth-order valence-corrected chi connectivity index (χ4v) is 1.96. The number of morpholine rings is 1. The number of nitrogen functional groups attached to an aromatic ring is 1. The first-order valence-corrected chi connectivity index (χ1v) is 6.21. The normalized spacial score (nSPS) is 16.6. The van der Waals surface area contributed by atoms with Crippen LogP contribution >= 0.6 is 23.2 Å². The monoisotopic (exact) mass is 289 g/mol. The molecule has 3 N–H and O–H groups in total. The van der Waals surface area contributed by atoms with Crippen molar-refractivity contribution in [2.45, 2.75) is 0 Å². The zero-order valence-electron chi connectivity index (χ0n) is 9.58. The number of nitrogens with zero attached hydrogens (tertiary/aromatic N) is 1. The summed E-state index contributed by atoms with van der Waals surface area (Å²) < 4.78 is 5.19. The summed E-state index contributed by atoms with van der Waals surface area (Å²) in [7, 11) is 0. The van der Waals surface area contributed by atoms with Gasteiger partial charge in [0.15, 0.2) is 0 Å². The number of anilines is 1. The Morgan fingerprint density at radius 3 is 2.61 bits per heavy atom. The van der Waals surface area contributed by atoms with E-state index in [1.165, 1.54) is 12.1 Å². The highest BCUT2D eigenvalue weighted by Gasteiger charge is 2.16. The number of hydrogen-bond acceptors (Lipinski definition) is 4. The third-order valence-corrected chi connectivity index (χ3v) is 3.41. The van der Waals surface area contributed by atoms with E-state index >= 15 is 0 Å². The highest BCUT2D eigenvalue weighted by Crippen LogP contribution is 2.29. The van der Waals surface area contributed by atoms with Gasteiger partial charge in [-0.2, -0.15) is 0 Å². The van der Waals surface area contributed by atoms with Gasteiger partial charge in [0.25, 0.3) is 5.91 Å². The molecule has 1 aromatic rings. The Balaban J connectivity index is 2.08. The van der Waals surface area contributed by atoms with Crippen LogP contribution in [0.3, 0.4) is 0 Å². The summed E-state index contributed by atoms with van der Waals surface area (Å²) in [4.78, 5) is 12.0. The molecule has 7 heteroatoms. The number of benzene rings is 1. The van der Waals surface area contributed by atoms with Crippen molar-refractivity contribution < 1.29 is 9.53 Å². The molecule has 1 heterocycles. The molecule has 1 aliphatic heterocycles. The van der Waals surface area contributed by atoms with Crippen LogP contribution in [0.1, 0.15) is 10.4 Å². The number of halogens is 2. The van der Waals surface area contributed by atoms with Gasteiger partial charge >= 0.3 is 0 Å². The van der Waals surface area contributed by atoms with Crippen LogP contribution in [0.15, 0.2) is 12.1 Å². The van der Waals surface area contributed by atoms with Crippen molar-refractivity contribution in [2.24, 2.45) is 0 Å². The van der Waals surface area contributed by atoms with E-state index in [2.05, 4.69) is 5.43 Å². The van der Waals surface area contributed by atoms with Crippen molar-refractivity contribution in [3.63, 3.8) is 0 Å². The first kappa shape index (κ1) is 13.4. The summed E-state index contributed by atoms with van der Waals surface area (Å²) in [5, 5.41) is 2.33. The largest absolute Gasteiger partial charge is 0.397 e. The van der Waals surface area contributed by atoms with E-state index in [4.69, 9.17) is 33.7 Å². The van der Waals surface area contributed by atoms with Gasteiger partial charge in [0.2, 0.25) is 0 Å². The lowest BCUT2D eigenvalue weighted by atomic mass is 10.2. The van der Waals surface area contributed by atoms with E-state index in [-0.39, 0.29) is 21.6 Å². The predicted octanol–water partition coefficient (Wildman–Crippen LogP) is 1.55. The second-order valence-electron chi connectivity index (χ2n) is 3.90. The summed E-state index contributed by atoms with van der Waals surface area (Å²) in [5.74, 6) is -0.262. The van der Waals surface area contributed by atoms with Crippen molar-refractivity contribution in [2.75, 3.05) is 32.0 Å². The van der Waals surface area contributed by atoms with Crippen LogP contribution in [0.25, 0.3) is 0 Å². The number of ether oxygens (including phenoxy) is 1. The topological polar surface area (TPSA) is 67.6 Å². The van der Waals surface area contributed by atoms with Gasteiger partial charge in [-0.3, -0.25) is 10.2 Å². The van der Waals surface area contributed by atoms with E-state index < -0.39 is 0 Å². The molecule has 0 bridgehead atoms. The molecule has 0 radical (unpaired) electrons. The van der Waals surface area contributed by atoms with Gasteiger partial charge in [-0.15, -0.1) is 0 Å². The fourth-order valence-electron chi connectivity index (χ4n) is 1.62. The maximum absolute atomic E-state index is 12.0. The zero-order chi connectivity index (χ0) is 13.1. The Morgan fingerprint density at radius 1 is 1.33 bits per heavy atom. The molecule has 0 atom stereocenters. The first-order valence-electron chi connectivity index (χ1n) is 5.46. The number of amides is 1. The van der Waals surface area contributed by atoms with E-state index in [1.54, 1.807) is 5.01 Å². The van der Waals surface area contributed by atoms with Gasteiger partial charge in [0.05, 0.1) is 28.9 Å². The van der Waals surface area contributed by atoms with Crippen LogP contribution in [0.4, 0.5) is 5.69 Å². The quantitative estimate of drug-likeness (QED) is 0.811. The molecule has 18 heavy (non-hydrogen) atoms. The number of carbonyl (C=O) groups excluding carboxylic acids is 1. The Labute approximate surface area is 115 Å². The summed E-state index contributed by atoms with van der Waals surface area (Å²) in [5.41, 5.74) is 9.10. The van der Waals surface area contributed by atoms with Gasteiger partial charge in [-0.05, 0) is 12.1 Å². The molecular formula is C11H13Cl2N3O2. The molecule has 1 aromatic carbocycles. The van der Waals surface area contributed by atoms with E-state index in [0.29, 0.717) is 31.9 Å². The number of nitrogens with two attached hydrogens (primary N) is 1. The van der Waals surface area contributed by atoms with Crippen LogP contribution in [-0.2, 0) is 4.74 Å². The average Bonchev–Trinajstić information content (AvgIpc) is 2.36. The highest BCUT2D eigenvalue weighted by molar-refractivity contribution is 6.43. The summed E-state index contributed by atoms with van der Waals surface area (Å²) in [6.45, 7) is 2.51.